The third-order valence-corrected chi connectivity index (χ3v) is 3.65. The summed E-state index contributed by atoms with van der Waals surface area (Å²) >= 11 is 3.47. The van der Waals surface area contributed by atoms with Crippen molar-refractivity contribution in [3.05, 3.63) is 28.2 Å². The van der Waals surface area contributed by atoms with Crippen molar-refractivity contribution in [2.24, 2.45) is 5.73 Å². The topological polar surface area (TPSA) is 35.2 Å². The Hall–Kier alpha value is -0.540. The van der Waals surface area contributed by atoms with Crippen molar-refractivity contribution in [2.45, 2.75) is 44.8 Å². The Morgan fingerprint density at radius 3 is 3.00 bits per heavy atom. The lowest BCUT2D eigenvalue weighted by Gasteiger charge is -2.38. The highest BCUT2D eigenvalue weighted by Crippen LogP contribution is 2.41. The lowest BCUT2D eigenvalue weighted by molar-refractivity contribution is 0.0448. The second-order valence-electron chi connectivity index (χ2n) is 4.79. The number of benzene rings is 1. The van der Waals surface area contributed by atoms with E-state index < -0.39 is 0 Å². The molecule has 2 N–H and O–H groups in total. The number of ether oxygens (including phenoxy) is 1. The lowest BCUT2D eigenvalue weighted by atomic mass is 9.86. The largest absolute Gasteiger partial charge is 0.487 e. The van der Waals surface area contributed by atoms with Crippen molar-refractivity contribution in [3.8, 4) is 5.75 Å². The van der Waals surface area contributed by atoms with Crippen LogP contribution < -0.4 is 10.5 Å². The Kier molecular flexibility index (Phi) is 3.27. The minimum absolute atomic E-state index is 0.0813. The predicted molar refractivity (Wildman–Crippen MR) is 69.6 cm³/mol. The summed E-state index contributed by atoms with van der Waals surface area (Å²) in [6, 6.07) is 6.15. The van der Waals surface area contributed by atoms with Gasteiger partial charge in [0, 0.05) is 22.5 Å². The van der Waals surface area contributed by atoms with Gasteiger partial charge in [0.2, 0.25) is 0 Å². The number of hydrogen-bond donors (Lipinski definition) is 1. The summed E-state index contributed by atoms with van der Waals surface area (Å²) in [6.07, 6.45) is 3.07. The van der Waals surface area contributed by atoms with E-state index in [0.29, 0.717) is 0 Å². The van der Waals surface area contributed by atoms with E-state index in [1.165, 1.54) is 0 Å². The first-order valence-electron chi connectivity index (χ1n) is 5.78. The van der Waals surface area contributed by atoms with E-state index >= 15 is 0 Å². The highest BCUT2D eigenvalue weighted by molar-refractivity contribution is 9.10. The van der Waals surface area contributed by atoms with Gasteiger partial charge in [0.05, 0.1) is 0 Å². The predicted octanol–water partition coefficient (Wildman–Crippen LogP) is 3.79. The van der Waals surface area contributed by atoms with Crippen LogP contribution in [0, 0.1) is 0 Å². The van der Waals surface area contributed by atoms with E-state index in [1.54, 1.807) is 0 Å². The Morgan fingerprint density at radius 1 is 1.56 bits per heavy atom. The first-order valence-corrected chi connectivity index (χ1v) is 6.57. The standard InChI is InChI=1S/C13H18BrNO/c1-3-6-13(2)8-11(15)10-7-9(14)4-5-12(10)16-13/h4-5,7,11H,3,6,8,15H2,1-2H3/t11-,13?/m0/s1. The van der Waals surface area contributed by atoms with Crippen molar-refractivity contribution in [1.29, 1.82) is 0 Å². The molecule has 1 aromatic carbocycles. The second-order valence-corrected chi connectivity index (χ2v) is 5.71. The summed E-state index contributed by atoms with van der Waals surface area (Å²) < 4.78 is 7.14. The van der Waals surface area contributed by atoms with Gasteiger partial charge in [-0.2, -0.15) is 0 Å². The monoisotopic (exact) mass is 283 g/mol. The SMILES string of the molecule is CCCC1(C)C[C@H](N)c2cc(Br)ccc2O1. The molecular formula is C13H18BrNO. The van der Waals surface area contributed by atoms with Crippen LogP contribution in [0.25, 0.3) is 0 Å². The summed E-state index contributed by atoms with van der Waals surface area (Å²) in [4.78, 5) is 0. The molecule has 88 valence electrons. The molecule has 1 aromatic rings. The molecule has 2 nitrogen and oxygen atoms in total. The number of fused-ring (bicyclic) bond motifs is 1. The Bertz CT molecular complexity index is 394. The zero-order valence-corrected chi connectivity index (χ0v) is 11.4. The summed E-state index contributed by atoms with van der Waals surface area (Å²) in [5.74, 6) is 0.943. The smallest absolute Gasteiger partial charge is 0.124 e. The van der Waals surface area contributed by atoms with Crippen LogP contribution in [0.3, 0.4) is 0 Å². The van der Waals surface area contributed by atoms with Gasteiger partial charge < -0.3 is 10.5 Å². The van der Waals surface area contributed by atoms with E-state index in [1.807, 2.05) is 12.1 Å². The molecule has 0 radical (unpaired) electrons. The van der Waals surface area contributed by atoms with Crippen molar-refractivity contribution in [1.82, 2.24) is 0 Å². The zero-order valence-electron chi connectivity index (χ0n) is 9.79. The molecule has 2 rings (SSSR count). The van der Waals surface area contributed by atoms with Crippen molar-refractivity contribution >= 4 is 15.9 Å². The molecule has 3 heteroatoms. The molecular weight excluding hydrogens is 266 g/mol. The van der Waals surface area contributed by atoms with Crippen LogP contribution in [0.5, 0.6) is 5.75 Å². The minimum Gasteiger partial charge on any atom is -0.487 e. The number of halogens is 1. The molecule has 0 amide bonds. The van der Waals surface area contributed by atoms with E-state index in [0.717, 1.165) is 35.0 Å². The van der Waals surface area contributed by atoms with Crippen LogP contribution >= 0.6 is 15.9 Å². The quantitative estimate of drug-likeness (QED) is 0.896. The molecule has 0 saturated heterocycles. The number of hydrogen-bond acceptors (Lipinski definition) is 2. The number of rotatable bonds is 2. The molecule has 0 bridgehead atoms. The third kappa shape index (κ3) is 2.25. The van der Waals surface area contributed by atoms with E-state index in [2.05, 4.69) is 35.8 Å². The zero-order chi connectivity index (χ0) is 11.8. The van der Waals surface area contributed by atoms with Gasteiger partial charge in [-0.15, -0.1) is 0 Å². The van der Waals surface area contributed by atoms with Crippen LogP contribution in [0.4, 0.5) is 0 Å². The summed E-state index contributed by atoms with van der Waals surface area (Å²) in [5, 5.41) is 0. The van der Waals surface area contributed by atoms with Gasteiger partial charge in [-0.3, -0.25) is 0 Å². The van der Waals surface area contributed by atoms with Gasteiger partial charge in [-0.05, 0) is 31.5 Å². The molecule has 0 aromatic heterocycles. The molecule has 16 heavy (non-hydrogen) atoms. The fourth-order valence-corrected chi connectivity index (χ4v) is 2.85. The van der Waals surface area contributed by atoms with Crippen LogP contribution in [0.2, 0.25) is 0 Å². The highest BCUT2D eigenvalue weighted by atomic mass is 79.9. The second kappa shape index (κ2) is 4.38. The summed E-state index contributed by atoms with van der Waals surface area (Å²) in [7, 11) is 0. The maximum absolute atomic E-state index is 6.22. The first-order chi connectivity index (χ1) is 7.54. The van der Waals surface area contributed by atoms with Gasteiger partial charge in [0.1, 0.15) is 11.4 Å². The normalized spacial score (nSPS) is 28.4. The van der Waals surface area contributed by atoms with Gasteiger partial charge >= 0.3 is 0 Å². The molecule has 1 heterocycles. The summed E-state index contributed by atoms with van der Waals surface area (Å²) in [6.45, 7) is 4.33. The van der Waals surface area contributed by atoms with Gasteiger partial charge in [0.25, 0.3) is 0 Å². The first kappa shape index (κ1) is 11.9. The van der Waals surface area contributed by atoms with Crippen LogP contribution in [0.1, 0.15) is 44.7 Å². The molecule has 1 unspecified atom stereocenters. The minimum atomic E-state index is -0.102. The van der Waals surface area contributed by atoms with E-state index in [4.69, 9.17) is 10.5 Å². The van der Waals surface area contributed by atoms with E-state index in [-0.39, 0.29) is 11.6 Å². The van der Waals surface area contributed by atoms with Gasteiger partial charge in [0.15, 0.2) is 0 Å². The Labute approximate surface area is 105 Å². The maximum Gasteiger partial charge on any atom is 0.124 e. The molecule has 0 aliphatic carbocycles. The van der Waals surface area contributed by atoms with Gasteiger partial charge in [-0.25, -0.2) is 0 Å². The van der Waals surface area contributed by atoms with Crippen molar-refractivity contribution in [3.63, 3.8) is 0 Å². The average molecular weight is 284 g/mol. The molecule has 1 aliphatic heterocycles. The highest BCUT2D eigenvalue weighted by Gasteiger charge is 2.34. The fourth-order valence-electron chi connectivity index (χ4n) is 2.47. The third-order valence-electron chi connectivity index (χ3n) is 3.16. The van der Waals surface area contributed by atoms with Crippen molar-refractivity contribution in [2.75, 3.05) is 0 Å². The van der Waals surface area contributed by atoms with Crippen LogP contribution in [-0.2, 0) is 0 Å². The Balaban J connectivity index is 2.33. The maximum atomic E-state index is 6.22. The Morgan fingerprint density at radius 2 is 2.31 bits per heavy atom. The molecule has 0 saturated carbocycles. The molecule has 0 spiro atoms. The molecule has 2 atom stereocenters. The molecule has 0 fully saturated rings. The lowest BCUT2D eigenvalue weighted by Crippen LogP contribution is -2.40. The summed E-state index contributed by atoms with van der Waals surface area (Å²) in [5.41, 5.74) is 7.23. The van der Waals surface area contributed by atoms with E-state index in [9.17, 15) is 0 Å². The fraction of sp³-hybridized carbons (Fsp3) is 0.538. The molecule has 1 aliphatic rings. The van der Waals surface area contributed by atoms with Crippen LogP contribution in [-0.4, -0.2) is 5.60 Å². The van der Waals surface area contributed by atoms with Crippen molar-refractivity contribution < 1.29 is 4.74 Å². The van der Waals surface area contributed by atoms with Crippen LogP contribution in [0.15, 0.2) is 22.7 Å². The number of nitrogens with two attached hydrogens (primary N) is 1. The van der Waals surface area contributed by atoms with Gasteiger partial charge in [-0.1, -0.05) is 29.3 Å². The average Bonchev–Trinajstić information content (AvgIpc) is 2.19.